The van der Waals surface area contributed by atoms with E-state index >= 15 is 0 Å². The SMILES string of the molecule is NS(=O)(=O)CCCCCCNC(=O)OCc1ccccc1. The zero-order valence-corrected chi connectivity index (χ0v) is 12.8. The van der Waals surface area contributed by atoms with Gasteiger partial charge in [-0.1, -0.05) is 43.2 Å². The first-order valence-corrected chi connectivity index (χ1v) is 8.64. The molecule has 0 spiro atoms. The van der Waals surface area contributed by atoms with E-state index in [1.165, 1.54) is 0 Å². The van der Waals surface area contributed by atoms with Crippen molar-refractivity contribution in [2.24, 2.45) is 5.14 Å². The van der Waals surface area contributed by atoms with Crippen molar-refractivity contribution in [3.8, 4) is 0 Å². The maximum Gasteiger partial charge on any atom is 0.407 e. The highest BCUT2D eigenvalue weighted by atomic mass is 32.2. The van der Waals surface area contributed by atoms with E-state index in [-0.39, 0.29) is 12.4 Å². The third kappa shape index (κ3) is 9.86. The molecule has 1 aromatic carbocycles. The van der Waals surface area contributed by atoms with Gasteiger partial charge in [-0.15, -0.1) is 0 Å². The Labute approximate surface area is 125 Å². The third-order valence-electron chi connectivity index (χ3n) is 2.84. The van der Waals surface area contributed by atoms with Gasteiger partial charge in [0.2, 0.25) is 10.0 Å². The van der Waals surface area contributed by atoms with Crippen LogP contribution in [-0.2, 0) is 21.4 Å². The van der Waals surface area contributed by atoms with Gasteiger partial charge in [-0.2, -0.15) is 0 Å². The highest BCUT2D eigenvalue weighted by molar-refractivity contribution is 7.89. The Balaban J connectivity index is 1.99. The van der Waals surface area contributed by atoms with Crippen molar-refractivity contribution < 1.29 is 17.9 Å². The van der Waals surface area contributed by atoms with Crippen LogP contribution in [0.25, 0.3) is 0 Å². The molecule has 0 heterocycles. The Kier molecular flexibility index (Phi) is 7.78. The molecule has 7 heteroatoms. The van der Waals surface area contributed by atoms with Gasteiger partial charge in [-0.3, -0.25) is 0 Å². The zero-order chi connectivity index (χ0) is 15.6. The van der Waals surface area contributed by atoms with Gasteiger partial charge >= 0.3 is 6.09 Å². The Morgan fingerprint density at radius 2 is 1.76 bits per heavy atom. The Morgan fingerprint density at radius 3 is 2.43 bits per heavy atom. The lowest BCUT2D eigenvalue weighted by molar-refractivity contribution is 0.139. The van der Waals surface area contributed by atoms with Gasteiger partial charge in [0.05, 0.1) is 5.75 Å². The van der Waals surface area contributed by atoms with Gasteiger partial charge in [0.25, 0.3) is 0 Å². The summed E-state index contributed by atoms with van der Waals surface area (Å²) in [5, 5.41) is 7.55. The average Bonchev–Trinajstić information content (AvgIpc) is 2.44. The Morgan fingerprint density at radius 1 is 1.10 bits per heavy atom. The normalized spacial score (nSPS) is 11.1. The Hall–Kier alpha value is -1.60. The largest absolute Gasteiger partial charge is 0.445 e. The minimum Gasteiger partial charge on any atom is -0.445 e. The van der Waals surface area contributed by atoms with Gasteiger partial charge in [0, 0.05) is 6.54 Å². The molecule has 21 heavy (non-hydrogen) atoms. The number of amides is 1. The van der Waals surface area contributed by atoms with Crippen molar-refractivity contribution in [1.82, 2.24) is 5.32 Å². The Bertz CT molecular complexity index is 517. The number of hydrogen-bond acceptors (Lipinski definition) is 4. The van der Waals surface area contributed by atoms with Crippen molar-refractivity contribution >= 4 is 16.1 Å². The second kappa shape index (κ2) is 9.36. The molecule has 1 amide bonds. The molecule has 118 valence electrons. The standard InChI is InChI=1S/C14H22N2O4S/c15-21(18,19)11-7-2-1-6-10-16-14(17)20-12-13-8-4-3-5-9-13/h3-5,8-9H,1-2,6-7,10-12H2,(H,16,17)(H2,15,18,19). The van der Waals surface area contributed by atoms with Gasteiger partial charge in [0.15, 0.2) is 0 Å². The van der Waals surface area contributed by atoms with Crippen LogP contribution in [-0.4, -0.2) is 26.8 Å². The van der Waals surface area contributed by atoms with Crippen LogP contribution in [0.2, 0.25) is 0 Å². The molecular formula is C14H22N2O4S. The van der Waals surface area contributed by atoms with Crippen molar-refractivity contribution in [3.63, 3.8) is 0 Å². The van der Waals surface area contributed by atoms with Gasteiger partial charge < -0.3 is 10.1 Å². The number of primary sulfonamides is 1. The lowest BCUT2D eigenvalue weighted by Gasteiger charge is -2.07. The van der Waals surface area contributed by atoms with Crippen LogP contribution in [0.3, 0.4) is 0 Å². The average molecular weight is 314 g/mol. The molecule has 1 aromatic rings. The summed E-state index contributed by atoms with van der Waals surface area (Å²) in [5.74, 6) is 0.0134. The molecular weight excluding hydrogens is 292 g/mol. The number of benzene rings is 1. The molecule has 0 aromatic heterocycles. The molecule has 0 saturated heterocycles. The number of carbonyl (C=O) groups excluding carboxylic acids is 1. The number of nitrogens with two attached hydrogens (primary N) is 1. The highest BCUT2D eigenvalue weighted by Gasteiger charge is 2.03. The fourth-order valence-electron chi connectivity index (χ4n) is 1.75. The highest BCUT2D eigenvalue weighted by Crippen LogP contribution is 2.02. The quantitative estimate of drug-likeness (QED) is 0.678. The lowest BCUT2D eigenvalue weighted by Crippen LogP contribution is -2.25. The summed E-state index contributed by atoms with van der Waals surface area (Å²) >= 11 is 0. The molecule has 0 aliphatic heterocycles. The molecule has 3 N–H and O–H groups in total. The summed E-state index contributed by atoms with van der Waals surface area (Å²) in [6, 6.07) is 9.45. The van der Waals surface area contributed by atoms with E-state index in [0.717, 1.165) is 24.8 Å². The van der Waals surface area contributed by atoms with E-state index in [9.17, 15) is 13.2 Å². The number of ether oxygens (including phenoxy) is 1. The van der Waals surface area contributed by atoms with E-state index in [2.05, 4.69) is 5.32 Å². The molecule has 0 radical (unpaired) electrons. The summed E-state index contributed by atoms with van der Waals surface area (Å²) in [6.07, 6.45) is 2.51. The predicted molar refractivity (Wildman–Crippen MR) is 81.1 cm³/mol. The lowest BCUT2D eigenvalue weighted by atomic mass is 10.2. The molecule has 6 nitrogen and oxygen atoms in total. The number of rotatable bonds is 9. The minimum atomic E-state index is -3.35. The molecule has 0 saturated carbocycles. The van der Waals surface area contributed by atoms with Crippen LogP contribution < -0.4 is 10.5 Å². The summed E-state index contributed by atoms with van der Waals surface area (Å²) in [7, 11) is -3.35. The molecule has 0 aliphatic carbocycles. The maximum atomic E-state index is 11.4. The van der Waals surface area contributed by atoms with Crippen LogP contribution in [0.5, 0.6) is 0 Å². The second-order valence-corrected chi connectivity index (χ2v) is 6.50. The van der Waals surface area contributed by atoms with Crippen molar-refractivity contribution in [2.45, 2.75) is 32.3 Å². The fourth-order valence-corrected chi connectivity index (χ4v) is 2.35. The summed E-state index contributed by atoms with van der Waals surface area (Å²) in [6.45, 7) is 0.768. The number of hydrogen-bond donors (Lipinski definition) is 2. The van der Waals surface area contributed by atoms with E-state index in [1.807, 2.05) is 30.3 Å². The third-order valence-corrected chi connectivity index (χ3v) is 3.70. The molecule has 0 unspecified atom stereocenters. The number of nitrogens with one attached hydrogen (secondary N) is 1. The first-order valence-electron chi connectivity index (χ1n) is 6.92. The zero-order valence-electron chi connectivity index (χ0n) is 12.0. The monoisotopic (exact) mass is 314 g/mol. The van der Waals surface area contributed by atoms with Crippen molar-refractivity contribution in [3.05, 3.63) is 35.9 Å². The summed E-state index contributed by atoms with van der Waals surface area (Å²) in [5.41, 5.74) is 0.940. The molecule has 0 bridgehead atoms. The topological polar surface area (TPSA) is 98.5 Å². The minimum absolute atomic E-state index is 0.0134. The molecule has 0 fully saturated rings. The van der Waals surface area contributed by atoms with Crippen LogP contribution in [0.1, 0.15) is 31.2 Å². The van der Waals surface area contributed by atoms with Crippen LogP contribution in [0, 0.1) is 0 Å². The molecule has 1 rings (SSSR count). The smallest absolute Gasteiger partial charge is 0.407 e. The van der Waals surface area contributed by atoms with Gasteiger partial charge in [0.1, 0.15) is 6.61 Å². The maximum absolute atomic E-state index is 11.4. The second-order valence-electron chi connectivity index (χ2n) is 4.77. The van der Waals surface area contributed by atoms with E-state index in [0.29, 0.717) is 13.0 Å². The van der Waals surface area contributed by atoms with Gasteiger partial charge in [-0.25, -0.2) is 18.4 Å². The van der Waals surface area contributed by atoms with E-state index in [1.54, 1.807) is 0 Å². The van der Waals surface area contributed by atoms with E-state index < -0.39 is 16.1 Å². The molecule has 0 aliphatic rings. The van der Waals surface area contributed by atoms with Crippen LogP contribution >= 0.6 is 0 Å². The van der Waals surface area contributed by atoms with Crippen molar-refractivity contribution in [2.75, 3.05) is 12.3 Å². The summed E-state index contributed by atoms with van der Waals surface area (Å²) in [4.78, 5) is 11.4. The van der Waals surface area contributed by atoms with Crippen LogP contribution in [0.15, 0.2) is 30.3 Å². The van der Waals surface area contributed by atoms with Crippen LogP contribution in [0.4, 0.5) is 4.79 Å². The van der Waals surface area contributed by atoms with E-state index in [4.69, 9.17) is 9.88 Å². The fraction of sp³-hybridized carbons (Fsp3) is 0.500. The first kappa shape index (κ1) is 17.5. The number of alkyl carbamates (subject to hydrolysis) is 1. The molecule has 0 atom stereocenters. The van der Waals surface area contributed by atoms with Crippen molar-refractivity contribution in [1.29, 1.82) is 0 Å². The summed E-state index contributed by atoms with van der Waals surface area (Å²) < 4.78 is 26.5. The first-order chi connectivity index (χ1) is 9.97. The number of carbonyl (C=O) groups is 1. The number of sulfonamides is 1. The van der Waals surface area contributed by atoms with Gasteiger partial charge in [-0.05, 0) is 18.4 Å². The number of unbranched alkanes of at least 4 members (excludes halogenated alkanes) is 3. The predicted octanol–water partition coefficient (Wildman–Crippen LogP) is 1.76.